The number of nitrogens with one attached hydrogen (secondary N) is 2. The average Bonchev–Trinajstić information content (AvgIpc) is 2.61. The number of amides is 2. The van der Waals surface area contributed by atoms with Crippen molar-refractivity contribution < 1.29 is 9.59 Å². The third kappa shape index (κ3) is 5.70. The van der Waals surface area contributed by atoms with E-state index in [-0.39, 0.29) is 24.2 Å². The summed E-state index contributed by atoms with van der Waals surface area (Å²) in [5.74, 6) is -0.0369. The monoisotopic (exact) mass is 344 g/mol. The summed E-state index contributed by atoms with van der Waals surface area (Å²) in [6, 6.07) is 16.7. The Morgan fingerprint density at radius 2 is 1.67 bits per heavy atom. The van der Waals surface area contributed by atoms with Crippen molar-refractivity contribution in [2.45, 2.75) is 19.3 Å². The van der Waals surface area contributed by atoms with Crippen molar-refractivity contribution >= 4 is 23.4 Å². The number of hydrogen-bond acceptors (Lipinski definition) is 2. The average molecular weight is 345 g/mol. The highest BCUT2D eigenvalue weighted by molar-refractivity contribution is 6.30. The number of rotatable bonds is 7. The van der Waals surface area contributed by atoms with Crippen LogP contribution in [-0.4, -0.2) is 24.9 Å². The third-order valence-corrected chi connectivity index (χ3v) is 3.97. The van der Waals surface area contributed by atoms with Gasteiger partial charge in [-0.15, -0.1) is 0 Å². The molecule has 0 saturated heterocycles. The van der Waals surface area contributed by atoms with E-state index in [0.717, 1.165) is 0 Å². The fourth-order valence-electron chi connectivity index (χ4n) is 2.25. The summed E-state index contributed by atoms with van der Waals surface area (Å²) in [5, 5.41) is 6.20. The van der Waals surface area contributed by atoms with Crippen LogP contribution in [0, 0.1) is 0 Å². The lowest BCUT2D eigenvalue weighted by atomic mass is 10.0. The van der Waals surface area contributed by atoms with E-state index in [1.807, 2.05) is 30.3 Å². The Balaban J connectivity index is 1.68. The molecule has 2 aromatic rings. The predicted molar refractivity (Wildman–Crippen MR) is 96.3 cm³/mol. The molecule has 1 atom stereocenters. The van der Waals surface area contributed by atoms with Crippen LogP contribution >= 0.6 is 11.6 Å². The first-order chi connectivity index (χ1) is 11.6. The Bertz CT molecular complexity index is 672. The quantitative estimate of drug-likeness (QED) is 0.809. The maximum Gasteiger partial charge on any atom is 0.251 e. The van der Waals surface area contributed by atoms with Crippen molar-refractivity contribution in [3.63, 3.8) is 0 Å². The second-order valence-electron chi connectivity index (χ2n) is 5.63. The molecule has 2 amide bonds. The van der Waals surface area contributed by atoms with Gasteiger partial charge in [-0.05, 0) is 35.7 Å². The van der Waals surface area contributed by atoms with Crippen LogP contribution in [0.25, 0.3) is 0 Å². The van der Waals surface area contributed by atoms with Crippen LogP contribution in [0.4, 0.5) is 0 Å². The highest BCUT2D eigenvalue weighted by Crippen LogP contribution is 2.13. The lowest BCUT2D eigenvalue weighted by molar-refractivity contribution is -0.121. The van der Waals surface area contributed by atoms with Gasteiger partial charge in [-0.3, -0.25) is 9.59 Å². The van der Waals surface area contributed by atoms with Crippen molar-refractivity contribution in [3.8, 4) is 0 Å². The lowest BCUT2D eigenvalue weighted by Gasteiger charge is -2.13. The molecule has 0 saturated carbocycles. The number of halogens is 1. The van der Waals surface area contributed by atoms with Gasteiger partial charge in [0, 0.05) is 30.1 Å². The second kappa shape index (κ2) is 9.08. The number of carbonyl (C=O) groups excluding carboxylic acids is 2. The first-order valence-corrected chi connectivity index (χ1v) is 8.29. The smallest absolute Gasteiger partial charge is 0.251 e. The standard InChI is InChI=1S/C19H21ClN2O2/c1-14(15-5-3-2-4-6-15)13-22-18(23)11-12-21-19(24)16-7-9-17(20)10-8-16/h2-10,14H,11-13H2,1H3,(H,21,24)(H,22,23)/t14-/m1/s1. The highest BCUT2D eigenvalue weighted by atomic mass is 35.5. The molecule has 0 fully saturated rings. The van der Waals surface area contributed by atoms with Gasteiger partial charge in [0.2, 0.25) is 5.91 Å². The van der Waals surface area contributed by atoms with Gasteiger partial charge in [0.15, 0.2) is 0 Å². The third-order valence-electron chi connectivity index (χ3n) is 3.72. The minimum atomic E-state index is -0.211. The largest absolute Gasteiger partial charge is 0.355 e. The number of hydrogen-bond donors (Lipinski definition) is 2. The molecule has 5 heteroatoms. The molecular formula is C19H21ClN2O2. The number of carbonyl (C=O) groups is 2. The van der Waals surface area contributed by atoms with Crippen LogP contribution in [-0.2, 0) is 4.79 Å². The van der Waals surface area contributed by atoms with Crippen LogP contribution in [0.15, 0.2) is 54.6 Å². The molecule has 2 rings (SSSR count). The van der Waals surface area contributed by atoms with Gasteiger partial charge in [-0.2, -0.15) is 0 Å². The minimum absolute atomic E-state index is 0.0748. The van der Waals surface area contributed by atoms with E-state index in [2.05, 4.69) is 17.6 Å². The van der Waals surface area contributed by atoms with Crippen molar-refractivity contribution in [3.05, 3.63) is 70.7 Å². The maximum atomic E-state index is 11.9. The SMILES string of the molecule is C[C@H](CNC(=O)CCNC(=O)c1ccc(Cl)cc1)c1ccccc1. The molecule has 0 aromatic heterocycles. The van der Waals surface area contributed by atoms with Gasteiger partial charge in [-0.25, -0.2) is 0 Å². The van der Waals surface area contributed by atoms with Crippen molar-refractivity contribution in [2.24, 2.45) is 0 Å². The topological polar surface area (TPSA) is 58.2 Å². The van der Waals surface area contributed by atoms with Gasteiger partial charge in [0.05, 0.1) is 0 Å². The Morgan fingerprint density at radius 3 is 2.33 bits per heavy atom. The van der Waals surface area contributed by atoms with E-state index in [1.165, 1.54) is 5.56 Å². The summed E-state index contributed by atoms with van der Waals surface area (Å²) in [6.07, 6.45) is 0.251. The number of benzene rings is 2. The van der Waals surface area contributed by atoms with Crippen LogP contribution in [0.2, 0.25) is 5.02 Å². The Hall–Kier alpha value is -2.33. The first kappa shape index (κ1) is 18.0. The van der Waals surface area contributed by atoms with Gasteiger partial charge in [0.25, 0.3) is 5.91 Å². The predicted octanol–water partition coefficient (Wildman–Crippen LogP) is 3.38. The van der Waals surface area contributed by atoms with E-state index in [4.69, 9.17) is 11.6 Å². The van der Waals surface area contributed by atoms with E-state index in [0.29, 0.717) is 23.7 Å². The fraction of sp³-hybridized carbons (Fsp3) is 0.263. The van der Waals surface area contributed by atoms with Crippen LogP contribution in [0.3, 0.4) is 0 Å². The summed E-state index contributed by atoms with van der Waals surface area (Å²) in [7, 11) is 0. The van der Waals surface area contributed by atoms with Crippen molar-refractivity contribution in [2.75, 3.05) is 13.1 Å². The fourth-order valence-corrected chi connectivity index (χ4v) is 2.37. The molecule has 2 N–H and O–H groups in total. The molecule has 24 heavy (non-hydrogen) atoms. The second-order valence-corrected chi connectivity index (χ2v) is 6.07. The highest BCUT2D eigenvalue weighted by Gasteiger charge is 2.09. The first-order valence-electron chi connectivity index (χ1n) is 7.91. The van der Waals surface area contributed by atoms with E-state index < -0.39 is 0 Å². The Morgan fingerprint density at radius 1 is 1.00 bits per heavy atom. The molecule has 0 unspecified atom stereocenters. The van der Waals surface area contributed by atoms with Gasteiger partial charge in [0.1, 0.15) is 0 Å². The molecule has 126 valence electrons. The van der Waals surface area contributed by atoms with Gasteiger partial charge < -0.3 is 10.6 Å². The van der Waals surface area contributed by atoms with Crippen LogP contribution in [0.1, 0.15) is 35.2 Å². The molecule has 0 spiro atoms. The molecular weight excluding hydrogens is 324 g/mol. The van der Waals surface area contributed by atoms with Gasteiger partial charge in [-0.1, -0.05) is 48.9 Å². The summed E-state index contributed by atoms with van der Waals surface area (Å²) in [4.78, 5) is 23.8. The summed E-state index contributed by atoms with van der Waals surface area (Å²) >= 11 is 5.78. The zero-order chi connectivity index (χ0) is 17.4. The minimum Gasteiger partial charge on any atom is -0.355 e. The zero-order valence-electron chi connectivity index (χ0n) is 13.6. The molecule has 0 radical (unpaired) electrons. The van der Waals surface area contributed by atoms with Crippen LogP contribution in [0.5, 0.6) is 0 Å². The molecule has 0 bridgehead atoms. The van der Waals surface area contributed by atoms with E-state index in [1.54, 1.807) is 24.3 Å². The molecule has 4 nitrogen and oxygen atoms in total. The summed E-state index contributed by atoms with van der Waals surface area (Å²) in [6.45, 7) is 2.94. The summed E-state index contributed by atoms with van der Waals surface area (Å²) < 4.78 is 0. The lowest BCUT2D eigenvalue weighted by Crippen LogP contribution is -2.32. The van der Waals surface area contributed by atoms with Crippen LogP contribution < -0.4 is 10.6 Å². The van der Waals surface area contributed by atoms with Crippen molar-refractivity contribution in [1.82, 2.24) is 10.6 Å². The van der Waals surface area contributed by atoms with Gasteiger partial charge >= 0.3 is 0 Å². The zero-order valence-corrected chi connectivity index (χ0v) is 14.3. The van der Waals surface area contributed by atoms with E-state index in [9.17, 15) is 9.59 Å². The molecule has 2 aromatic carbocycles. The molecule has 0 heterocycles. The maximum absolute atomic E-state index is 11.9. The van der Waals surface area contributed by atoms with Crippen molar-refractivity contribution in [1.29, 1.82) is 0 Å². The Labute approximate surface area is 147 Å². The summed E-state index contributed by atoms with van der Waals surface area (Å²) in [5.41, 5.74) is 1.71. The molecule has 0 aliphatic rings. The normalized spacial score (nSPS) is 11.6. The molecule has 0 aliphatic carbocycles. The molecule has 0 aliphatic heterocycles. The Kier molecular flexibility index (Phi) is 6.82. The van der Waals surface area contributed by atoms with E-state index >= 15 is 0 Å².